The van der Waals surface area contributed by atoms with Crippen molar-refractivity contribution in [1.82, 2.24) is 9.66 Å². The molecule has 1 N–H and O–H groups in total. The van der Waals surface area contributed by atoms with Crippen molar-refractivity contribution < 1.29 is 19.1 Å². The van der Waals surface area contributed by atoms with Crippen LogP contribution in [0.25, 0.3) is 33.6 Å². The van der Waals surface area contributed by atoms with E-state index in [1.165, 1.54) is 23.0 Å². The van der Waals surface area contributed by atoms with E-state index in [1.54, 1.807) is 36.4 Å². The average molecular weight is 536 g/mol. The largest absolute Gasteiger partial charge is 0.494 e. The molecule has 0 atom stereocenters. The van der Waals surface area contributed by atoms with Crippen LogP contribution in [0.3, 0.4) is 0 Å². The SMILES string of the molecule is CCOc1cc(C)c(-c2nc3ccccc3c(=O)n2N=Cc2ccc(-c3ccc(C(=O)O)cc3)o2)cc1C(C)C. The van der Waals surface area contributed by atoms with Gasteiger partial charge in [0.25, 0.3) is 5.56 Å². The van der Waals surface area contributed by atoms with Gasteiger partial charge in [0.05, 0.1) is 29.3 Å². The van der Waals surface area contributed by atoms with E-state index in [0.29, 0.717) is 34.9 Å². The van der Waals surface area contributed by atoms with Crippen molar-refractivity contribution in [3.05, 3.63) is 106 Å². The Bertz CT molecular complexity index is 1800. The van der Waals surface area contributed by atoms with Crippen LogP contribution in [0.4, 0.5) is 0 Å². The molecule has 2 aromatic heterocycles. The van der Waals surface area contributed by atoms with Gasteiger partial charge >= 0.3 is 5.97 Å². The van der Waals surface area contributed by atoms with Crippen molar-refractivity contribution in [2.75, 3.05) is 6.61 Å². The summed E-state index contributed by atoms with van der Waals surface area (Å²) in [5.41, 5.74) is 3.91. The van der Waals surface area contributed by atoms with E-state index in [0.717, 1.165) is 28.0 Å². The molecule has 0 radical (unpaired) electrons. The highest BCUT2D eigenvalue weighted by atomic mass is 16.5. The van der Waals surface area contributed by atoms with Crippen LogP contribution >= 0.6 is 0 Å². The van der Waals surface area contributed by atoms with Crippen molar-refractivity contribution >= 4 is 23.1 Å². The Morgan fingerprint density at radius 1 is 1.10 bits per heavy atom. The second-order valence-electron chi connectivity index (χ2n) is 9.69. The van der Waals surface area contributed by atoms with Gasteiger partial charge in [0, 0.05) is 11.1 Å². The number of carbonyl (C=O) groups is 1. The first-order valence-electron chi connectivity index (χ1n) is 13.0. The van der Waals surface area contributed by atoms with Gasteiger partial charge in [-0.1, -0.05) is 38.1 Å². The van der Waals surface area contributed by atoms with Crippen LogP contribution in [0.15, 0.2) is 87.1 Å². The van der Waals surface area contributed by atoms with Gasteiger partial charge in [-0.25, -0.2) is 9.78 Å². The van der Waals surface area contributed by atoms with E-state index < -0.39 is 5.97 Å². The molecule has 2 heterocycles. The number of furan rings is 1. The lowest BCUT2D eigenvalue weighted by molar-refractivity contribution is 0.0697. The molecule has 40 heavy (non-hydrogen) atoms. The summed E-state index contributed by atoms with van der Waals surface area (Å²) in [6.45, 7) is 8.66. The minimum atomic E-state index is -0.993. The van der Waals surface area contributed by atoms with Crippen LogP contribution in [0.2, 0.25) is 0 Å². The third-order valence-corrected chi connectivity index (χ3v) is 6.62. The molecule has 202 valence electrons. The maximum Gasteiger partial charge on any atom is 0.335 e. The number of carboxylic acid groups (broad SMARTS) is 1. The molecular formula is C32H29N3O5. The maximum atomic E-state index is 13.7. The average Bonchev–Trinajstić information content (AvgIpc) is 3.42. The van der Waals surface area contributed by atoms with Crippen molar-refractivity contribution in [2.45, 2.75) is 33.6 Å². The highest BCUT2D eigenvalue weighted by Crippen LogP contribution is 2.34. The molecule has 0 fully saturated rings. The molecule has 0 aliphatic rings. The number of carboxylic acids is 1. The smallest absolute Gasteiger partial charge is 0.335 e. The second kappa shape index (κ2) is 11.0. The zero-order chi connectivity index (χ0) is 28.4. The van der Waals surface area contributed by atoms with Crippen LogP contribution in [-0.2, 0) is 0 Å². The molecule has 0 amide bonds. The van der Waals surface area contributed by atoms with Gasteiger partial charge in [-0.05, 0) is 79.4 Å². The minimum absolute atomic E-state index is 0.191. The number of aromatic carboxylic acids is 1. The molecule has 5 aromatic rings. The number of nitrogens with zero attached hydrogens (tertiary/aromatic N) is 3. The number of fused-ring (bicyclic) bond motifs is 1. The molecular weight excluding hydrogens is 506 g/mol. The summed E-state index contributed by atoms with van der Waals surface area (Å²) < 4.78 is 13.1. The number of hydrogen-bond donors (Lipinski definition) is 1. The first-order chi connectivity index (χ1) is 19.3. The first-order valence-corrected chi connectivity index (χ1v) is 13.0. The Hall–Kier alpha value is -4.98. The van der Waals surface area contributed by atoms with Crippen LogP contribution in [0, 0.1) is 6.92 Å². The standard InChI is InChI=1S/C32H29N3O5/c1-5-39-29-16-20(4)26(17-25(29)19(2)3)30-34-27-9-7-6-8-24(27)31(36)35(30)33-18-23-14-15-28(40-23)21-10-12-22(13-11-21)32(37)38/h6-19H,5H2,1-4H3,(H,37,38). The summed E-state index contributed by atoms with van der Waals surface area (Å²) in [6.07, 6.45) is 1.48. The molecule has 8 nitrogen and oxygen atoms in total. The zero-order valence-corrected chi connectivity index (χ0v) is 22.7. The Balaban J connectivity index is 1.61. The van der Waals surface area contributed by atoms with Crippen LogP contribution in [0.1, 0.15) is 53.9 Å². The monoisotopic (exact) mass is 535 g/mol. The fourth-order valence-corrected chi connectivity index (χ4v) is 4.55. The molecule has 5 rings (SSSR count). The third kappa shape index (κ3) is 5.16. The number of aromatic nitrogens is 2. The van der Waals surface area contributed by atoms with E-state index in [1.807, 2.05) is 38.1 Å². The molecule has 0 spiro atoms. The topological polar surface area (TPSA) is 107 Å². The van der Waals surface area contributed by atoms with Gasteiger partial charge in [-0.15, -0.1) is 0 Å². The molecule has 0 unspecified atom stereocenters. The summed E-state index contributed by atoms with van der Waals surface area (Å²) in [5.74, 6) is 1.40. The van der Waals surface area contributed by atoms with Crippen molar-refractivity contribution in [3.8, 4) is 28.5 Å². The lowest BCUT2D eigenvalue weighted by Crippen LogP contribution is -2.20. The fraction of sp³-hybridized carbons (Fsp3) is 0.188. The van der Waals surface area contributed by atoms with E-state index >= 15 is 0 Å². The maximum absolute atomic E-state index is 13.7. The summed E-state index contributed by atoms with van der Waals surface area (Å²) in [7, 11) is 0. The molecule has 0 bridgehead atoms. The third-order valence-electron chi connectivity index (χ3n) is 6.62. The summed E-state index contributed by atoms with van der Waals surface area (Å²) in [5, 5.41) is 14.1. The van der Waals surface area contributed by atoms with Crippen LogP contribution in [0.5, 0.6) is 5.75 Å². The molecule has 8 heteroatoms. The van der Waals surface area contributed by atoms with Gasteiger partial charge in [0.1, 0.15) is 17.3 Å². The summed E-state index contributed by atoms with van der Waals surface area (Å²) >= 11 is 0. The van der Waals surface area contributed by atoms with Gasteiger partial charge in [0.2, 0.25) is 0 Å². The number of ether oxygens (including phenoxy) is 1. The molecule has 3 aromatic carbocycles. The summed E-state index contributed by atoms with van der Waals surface area (Å²) in [4.78, 5) is 29.7. The van der Waals surface area contributed by atoms with Crippen molar-refractivity contribution in [1.29, 1.82) is 0 Å². The first kappa shape index (κ1) is 26.6. The van der Waals surface area contributed by atoms with Crippen LogP contribution in [-0.4, -0.2) is 33.6 Å². The highest BCUT2D eigenvalue weighted by Gasteiger charge is 2.18. The fourth-order valence-electron chi connectivity index (χ4n) is 4.55. The van der Waals surface area contributed by atoms with E-state index in [9.17, 15) is 9.59 Å². The van der Waals surface area contributed by atoms with Gasteiger partial charge in [-0.3, -0.25) is 4.79 Å². The molecule has 0 saturated heterocycles. The van der Waals surface area contributed by atoms with E-state index in [2.05, 4.69) is 18.9 Å². The zero-order valence-electron chi connectivity index (χ0n) is 22.7. The summed E-state index contributed by atoms with van der Waals surface area (Å²) in [6, 6.07) is 21.1. The van der Waals surface area contributed by atoms with E-state index in [-0.39, 0.29) is 17.0 Å². The Morgan fingerprint density at radius 3 is 2.55 bits per heavy atom. The number of benzene rings is 3. The lowest BCUT2D eigenvalue weighted by atomic mass is 9.96. The minimum Gasteiger partial charge on any atom is -0.494 e. The van der Waals surface area contributed by atoms with Crippen molar-refractivity contribution in [2.24, 2.45) is 5.10 Å². The number of aryl methyl sites for hydroxylation is 1. The van der Waals surface area contributed by atoms with Crippen molar-refractivity contribution in [3.63, 3.8) is 0 Å². The van der Waals surface area contributed by atoms with Crippen LogP contribution < -0.4 is 10.3 Å². The quantitative estimate of drug-likeness (QED) is 0.221. The predicted molar refractivity (Wildman–Crippen MR) is 156 cm³/mol. The van der Waals surface area contributed by atoms with Gasteiger partial charge < -0.3 is 14.3 Å². The number of rotatable bonds is 8. The molecule has 0 aliphatic carbocycles. The predicted octanol–water partition coefficient (Wildman–Crippen LogP) is 6.73. The number of hydrogen-bond acceptors (Lipinski definition) is 6. The lowest BCUT2D eigenvalue weighted by Gasteiger charge is -2.18. The Kier molecular flexibility index (Phi) is 7.33. The molecule has 0 saturated carbocycles. The second-order valence-corrected chi connectivity index (χ2v) is 9.69. The van der Waals surface area contributed by atoms with Gasteiger partial charge in [-0.2, -0.15) is 9.78 Å². The van der Waals surface area contributed by atoms with Gasteiger partial charge in [0.15, 0.2) is 5.82 Å². The Morgan fingerprint density at radius 2 is 1.85 bits per heavy atom. The Labute approximate surface area is 231 Å². The van der Waals surface area contributed by atoms with E-state index in [4.69, 9.17) is 19.2 Å². The molecule has 0 aliphatic heterocycles. The highest BCUT2D eigenvalue weighted by molar-refractivity contribution is 5.88. The normalized spacial score (nSPS) is 11.5. The number of para-hydroxylation sites is 1.